The van der Waals surface area contributed by atoms with Crippen LogP contribution in [-0.4, -0.2) is 66.7 Å². The Labute approximate surface area is 396 Å². The van der Waals surface area contributed by atoms with Gasteiger partial charge in [-0.05, 0) is 103 Å². The van der Waals surface area contributed by atoms with Crippen LogP contribution in [0.4, 0.5) is 11.4 Å². The van der Waals surface area contributed by atoms with E-state index in [1.807, 2.05) is 19.1 Å². The maximum Gasteiger partial charge on any atom is 1.00 e. The van der Waals surface area contributed by atoms with E-state index >= 15 is 0 Å². The first-order chi connectivity index (χ1) is 29.2. The van der Waals surface area contributed by atoms with E-state index in [-0.39, 0.29) is 54.0 Å². The summed E-state index contributed by atoms with van der Waals surface area (Å²) < 4.78 is 47.7. The minimum absolute atomic E-state index is 0. The quantitative estimate of drug-likeness (QED) is 0.0183. The van der Waals surface area contributed by atoms with Gasteiger partial charge in [0.15, 0.2) is 5.71 Å². The van der Waals surface area contributed by atoms with Crippen molar-refractivity contribution in [2.45, 2.75) is 71.1 Å². The Bertz CT molecular complexity index is 2610. The molecule has 0 fully saturated rings. The van der Waals surface area contributed by atoms with Gasteiger partial charge in [0.05, 0.1) is 28.1 Å². The first kappa shape index (κ1) is 48.3. The molecule has 0 N–H and O–H groups in total. The van der Waals surface area contributed by atoms with Crippen LogP contribution in [0.3, 0.4) is 0 Å². The van der Waals surface area contributed by atoms with Crippen molar-refractivity contribution in [3.63, 3.8) is 0 Å². The number of carbonyl (C=O) groups excluding carboxylic acids is 1. The largest absolute Gasteiger partial charge is 1.00 e. The van der Waals surface area contributed by atoms with Crippen molar-refractivity contribution in [2.24, 2.45) is 5.92 Å². The van der Waals surface area contributed by atoms with Crippen molar-refractivity contribution in [3.05, 3.63) is 130 Å². The van der Waals surface area contributed by atoms with Gasteiger partial charge in [-0.2, -0.15) is 8.91 Å². The molecule has 1 unspecified atom stereocenters. The number of ether oxygens (including phenoxy) is 1. The normalized spacial score (nSPS) is 19.5. The Morgan fingerprint density at radius 3 is 2.24 bits per heavy atom. The molecule has 0 saturated heterocycles. The molecule has 4 aromatic carbocycles. The molecule has 1 aliphatic carbocycles. The summed E-state index contributed by atoms with van der Waals surface area (Å²) in [5.74, 6) is -0.506. The number of nitrogens with zero attached hydrogens (tertiary/aromatic N) is 2. The summed E-state index contributed by atoms with van der Waals surface area (Å²) >= 11 is 2.65. The molecule has 2 aliphatic heterocycles. The van der Waals surface area contributed by atoms with Crippen molar-refractivity contribution >= 4 is 78.5 Å². The second-order valence-electron chi connectivity index (χ2n) is 16.7. The first-order valence-corrected chi connectivity index (χ1v) is 24.4. The minimum Gasteiger partial charge on any atom is -0.748 e. The molecule has 0 spiro atoms. The summed E-state index contributed by atoms with van der Waals surface area (Å²) in [6, 6.07) is 25.3. The molecule has 4 aromatic rings. The third kappa shape index (κ3) is 9.88. The Morgan fingerprint density at radius 2 is 1.58 bits per heavy atom. The summed E-state index contributed by atoms with van der Waals surface area (Å²) in [5, 5.41) is 18.6. The monoisotopic (exact) mass is 904 g/mol. The van der Waals surface area contributed by atoms with Gasteiger partial charge in [-0.15, -0.1) is 11.8 Å². The van der Waals surface area contributed by atoms with Gasteiger partial charge in [0.2, 0.25) is 5.69 Å². The fourth-order valence-electron chi connectivity index (χ4n) is 9.62. The Balaban J connectivity index is 0.00000641. The Morgan fingerprint density at radius 1 is 0.903 bits per heavy atom. The number of thioether (sulfide) groups is 1. The smallest absolute Gasteiger partial charge is 0.748 e. The zero-order chi connectivity index (χ0) is 43.5. The van der Waals surface area contributed by atoms with E-state index in [0.717, 1.165) is 73.6 Å². The molecule has 0 bridgehead atoms. The number of hydrogen-bond donors (Lipinski definition) is 0. The Kier molecular flexibility index (Phi) is 15.8. The molecule has 322 valence electrons. The predicted octanol–water partition coefficient (Wildman–Crippen LogP) is 6.32. The van der Waals surface area contributed by atoms with Gasteiger partial charge in [-0.1, -0.05) is 80.6 Å². The first-order valence-electron chi connectivity index (χ1n) is 20.7. The number of benzene rings is 4. The molecule has 14 heteroatoms. The van der Waals surface area contributed by atoms with Crippen molar-refractivity contribution in [3.8, 4) is 0 Å². The molecule has 10 nitrogen and oxygen atoms in total. The minimum atomic E-state index is -4.39. The third-order valence-electron chi connectivity index (χ3n) is 12.2. The number of anilines is 1. The number of hydrogen-bond acceptors (Lipinski definition) is 11. The van der Waals surface area contributed by atoms with E-state index < -0.39 is 27.2 Å². The second kappa shape index (κ2) is 20.3. The Hall–Kier alpha value is -3.21. The van der Waals surface area contributed by atoms with Crippen molar-refractivity contribution in [1.29, 1.82) is 0 Å². The SMILES string of the molecule is CCOC(=O)C1CC(/C=C/C2=[N+](CCCSOO[O-])c3ccc4ccccc4c3C2(C)C)=C(SC)C(=C/C=C2/N(CCCS(=O)(=O)[O-])c3ccc4ccccc4c3C2(C)C)/C1.[Na+]. The third-order valence-corrected chi connectivity index (χ3v) is 14.5. The number of carbonyl (C=O) groups is 1. The van der Waals surface area contributed by atoms with E-state index in [9.17, 15) is 23.0 Å². The summed E-state index contributed by atoms with van der Waals surface area (Å²) in [7, 11) is -4.39. The number of rotatable bonds is 16. The molecule has 0 saturated carbocycles. The van der Waals surface area contributed by atoms with Crippen LogP contribution in [0.1, 0.15) is 71.4 Å². The average molecular weight is 905 g/mol. The molecule has 1 atom stereocenters. The summed E-state index contributed by atoms with van der Waals surface area (Å²) in [4.78, 5) is 16.8. The molecule has 0 aromatic heterocycles. The fourth-order valence-corrected chi connectivity index (χ4v) is 11.3. The zero-order valence-electron chi connectivity index (χ0n) is 36.6. The standard InChI is InChI=1S/C48H54N2O8S3.Na/c1-7-56-46(51)36-30-34(20-24-41-47(2,3)43-37-16-10-8-14-32(37)18-22-39(43)49(41)26-12-28-60-58-57-52)45(59-6)35(31-36)21-25-42-48(4,5)44-38-17-11-9-15-33(38)19-23-40(44)50(42)27-13-29-61(53,54)55;/h8-11,14-25,36H,7,12-13,26-31H2,1-6H3,(H-,52,53,54,55);/q;+1/p-1. The maximum atomic E-state index is 13.6. The van der Waals surface area contributed by atoms with Crippen LogP contribution in [0, 0.1) is 5.92 Å². The molecule has 0 radical (unpaired) electrons. The molecule has 2 heterocycles. The van der Waals surface area contributed by atoms with Crippen molar-refractivity contribution in [1.82, 2.24) is 0 Å². The van der Waals surface area contributed by atoms with Gasteiger partial charge in [0.25, 0.3) is 0 Å². The van der Waals surface area contributed by atoms with E-state index in [1.165, 1.54) is 16.3 Å². The van der Waals surface area contributed by atoms with Crippen LogP contribution in [0.15, 0.2) is 119 Å². The summed E-state index contributed by atoms with van der Waals surface area (Å²) in [5.41, 5.74) is 7.86. The zero-order valence-corrected chi connectivity index (χ0v) is 41.0. The van der Waals surface area contributed by atoms with Gasteiger partial charge in [-0.3, -0.25) is 9.83 Å². The maximum absolute atomic E-state index is 13.6. The predicted molar refractivity (Wildman–Crippen MR) is 245 cm³/mol. The van der Waals surface area contributed by atoms with Crippen LogP contribution in [0.25, 0.3) is 21.5 Å². The summed E-state index contributed by atoms with van der Waals surface area (Å²) in [6.45, 7) is 12.0. The molecule has 3 aliphatic rings. The van der Waals surface area contributed by atoms with Gasteiger partial charge < -0.3 is 19.4 Å². The van der Waals surface area contributed by atoms with E-state index in [0.29, 0.717) is 31.7 Å². The molecular formula is C48H53N2NaO8S3. The van der Waals surface area contributed by atoms with Crippen LogP contribution in [0.2, 0.25) is 0 Å². The average Bonchev–Trinajstić information content (AvgIpc) is 3.59. The van der Waals surface area contributed by atoms with Crippen LogP contribution < -0.4 is 39.7 Å². The van der Waals surface area contributed by atoms with Gasteiger partial charge in [0.1, 0.15) is 6.54 Å². The van der Waals surface area contributed by atoms with Crippen LogP contribution in [-0.2, 0) is 39.9 Å². The second-order valence-corrected chi connectivity index (χ2v) is 19.8. The number of fused-ring (bicyclic) bond motifs is 6. The van der Waals surface area contributed by atoms with Gasteiger partial charge in [-0.25, -0.2) is 8.42 Å². The molecular weight excluding hydrogens is 852 g/mol. The van der Waals surface area contributed by atoms with Crippen LogP contribution >= 0.6 is 23.8 Å². The molecule has 0 amide bonds. The van der Waals surface area contributed by atoms with Crippen molar-refractivity contribution < 1.29 is 71.3 Å². The van der Waals surface area contributed by atoms with Gasteiger partial charge in [0, 0.05) is 75.9 Å². The van der Waals surface area contributed by atoms with E-state index in [4.69, 9.17) is 4.74 Å². The fraction of sp³-hybridized carbons (Fsp3) is 0.375. The van der Waals surface area contributed by atoms with E-state index in [2.05, 4.69) is 138 Å². The summed E-state index contributed by atoms with van der Waals surface area (Å²) in [6.07, 6.45) is 12.6. The topological polar surface area (TPSA) is 131 Å². The van der Waals surface area contributed by atoms with Crippen LogP contribution in [0.5, 0.6) is 0 Å². The number of allylic oxidation sites excluding steroid dienone is 7. The number of esters is 1. The molecule has 62 heavy (non-hydrogen) atoms. The molecule has 7 rings (SSSR count). The van der Waals surface area contributed by atoms with E-state index in [1.54, 1.807) is 11.8 Å². The van der Waals surface area contributed by atoms with Gasteiger partial charge >= 0.3 is 35.5 Å². The van der Waals surface area contributed by atoms with Crippen molar-refractivity contribution in [2.75, 3.05) is 42.4 Å².